The Hall–Kier alpha value is -2.43. The van der Waals surface area contributed by atoms with Gasteiger partial charge in [0, 0.05) is 26.0 Å². The zero-order valence-corrected chi connectivity index (χ0v) is 12.1. The van der Waals surface area contributed by atoms with Crippen LogP contribution in [-0.2, 0) is 0 Å². The molecule has 0 atom stereocenters. The number of halogens is 1. The van der Waals surface area contributed by atoms with Gasteiger partial charge in [-0.2, -0.15) is 0 Å². The molecule has 0 aliphatic heterocycles. The topological polar surface area (TPSA) is 45.2 Å². The highest BCUT2D eigenvalue weighted by molar-refractivity contribution is 6.09. The Bertz CT molecular complexity index is 630. The molecule has 2 aromatic rings. The van der Waals surface area contributed by atoms with Gasteiger partial charge in [-0.05, 0) is 24.6 Å². The van der Waals surface area contributed by atoms with Crippen molar-refractivity contribution in [1.82, 2.24) is 4.98 Å². The van der Waals surface area contributed by atoms with Gasteiger partial charge in [0.05, 0.1) is 16.9 Å². The number of aromatic nitrogens is 1. The number of benzene rings is 1. The van der Waals surface area contributed by atoms with E-state index < -0.39 is 5.82 Å². The third-order valence-electron chi connectivity index (χ3n) is 3.14. The maximum atomic E-state index is 13.8. The molecule has 2 rings (SSSR count). The van der Waals surface area contributed by atoms with Gasteiger partial charge in [0.2, 0.25) is 0 Å². The predicted octanol–water partition coefficient (Wildman–Crippen LogP) is 3.32. The molecule has 0 spiro atoms. The van der Waals surface area contributed by atoms with E-state index in [0.717, 1.165) is 13.0 Å². The van der Waals surface area contributed by atoms with E-state index in [2.05, 4.69) is 10.3 Å². The van der Waals surface area contributed by atoms with Gasteiger partial charge in [-0.3, -0.25) is 9.78 Å². The smallest absolute Gasteiger partial charge is 0.261 e. The first-order valence-corrected chi connectivity index (χ1v) is 6.85. The summed E-state index contributed by atoms with van der Waals surface area (Å²) in [5.41, 5.74) is 1.38. The summed E-state index contributed by atoms with van der Waals surface area (Å²) in [6, 6.07) is 7.94. The first-order valence-electron chi connectivity index (χ1n) is 6.85. The largest absolute Gasteiger partial charge is 0.384 e. The standard InChI is InChI=1S/C16H18FN3O/c1-3-9-19-14-8-10-18-11-12(14)16(21)20(2)15-7-5-4-6-13(15)17/h4-8,10-11H,3,9H2,1-2H3,(H,18,19). The van der Waals surface area contributed by atoms with Crippen LogP contribution >= 0.6 is 0 Å². The lowest BCUT2D eigenvalue weighted by atomic mass is 10.2. The maximum absolute atomic E-state index is 13.8. The normalized spacial score (nSPS) is 10.2. The van der Waals surface area contributed by atoms with Crippen LogP contribution in [0.2, 0.25) is 0 Å². The molecule has 21 heavy (non-hydrogen) atoms. The van der Waals surface area contributed by atoms with Crippen LogP contribution in [0.25, 0.3) is 0 Å². The molecule has 0 unspecified atom stereocenters. The number of carbonyl (C=O) groups excluding carboxylic acids is 1. The first-order chi connectivity index (χ1) is 10.1. The van der Waals surface area contributed by atoms with Crippen LogP contribution in [0, 0.1) is 5.82 Å². The zero-order valence-electron chi connectivity index (χ0n) is 12.1. The lowest BCUT2D eigenvalue weighted by Crippen LogP contribution is -2.28. The SMILES string of the molecule is CCCNc1ccncc1C(=O)N(C)c1ccccc1F. The van der Waals surface area contributed by atoms with Crippen LogP contribution < -0.4 is 10.2 Å². The van der Waals surface area contributed by atoms with E-state index in [1.807, 2.05) is 6.92 Å². The van der Waals surface area contributed by atoms with Crippen molar-refractivity contribution in [1.29, 1.82) is 0 Å². The molecule has 4 nitrogen and oxygen atoms in total. The molecule has 1 heterocycles. The number of rotatable bonds is 5. The average Bonchev–Trinajstić information content (AvgIpc) is 2.52. The van der Waals surface area contributed by atoms with Crippen LogP contribution in [0.4, 0.5) is 15.8 Å². The Morgan fingerprint density at radius 3 is 2.81 bits per heavy atom. The van der Waals surface area contributed by atoms with Gasteiger partial charge in [-0.15, -0.1) is 0 Å². The van der Waals surface area contributed by atoms with Crippen LogP contribution in [0.3, 0.4) is 0 Å². The molecule has 110 valence electrons. The molecule has 1 amide bonds. The molecular formula is C16H18FN3O. The van der Waals surface area contributed by atoms with E-state index >= 15 is 0 Å². The van der Waals surface area contributed by atoms with Crippen LogP contribution in [-0.4, -0.2) is 24.5 Å². The van der Waals surface area contributed by atoms with Crippen molar-refractivity contribution >= 4 is 17.3 Å². The Labute approximate surface area is 123 Å². The second-order valence-electron chi connectivity index (χ2n) is 4.66. The number of para-hydroxylation sites is 1. The highest BCUT2D eigenvalue weighted by Crippen LogP contribution is 2.22. The van der Waals surface area contributed by atoms with E-state index in [0.29, 0.717) is 11.3 Å². The van der Waals surface area contributed by atoms with Gasteiger partial charge in [0.1, 0.15) is 5.82 Å². The first kappa shape index (κ1) is 15.0. The Kier molecular flexibility index (Phi) is 4.87. The molecule has 5 heteroatoms. The molecule has 1 aromatic heterocycles. The fourth-order valence-corrected chi connectivity index (χ4v) is 1.99. The lowest BCUT2D eigenvalue weighted by Gasteiger charge is -2.19. The molecule has 0 saturated carbocycles. The van der Waals surface area contributed by atoms with Crippen molar-refractivity contribution in [2.45, 2.75) is 13.3 Å². The number of amides is 1. The minimum atomic E-state index is -0.430. The Balaban J connectivity index is 2.30. The molecule has 1 N–H and O–H groups in total. The summed E-state index contributed by atoms with van der Waals surface area (Å²) in [6.07, 6.45) is 4.06. The minimum absolute atomic E-state index is 0.243. The zero-order chi connectivity index (χ0) is 15.2. The Morgan fingerprint density at radius 1 is 1.33 bits per heavy atom. The molecule has 0 aliphatic rings. The number of nitrogens with one attached hydrogen (secondary N) is 1. The second kappa shape index (κ2) is 6.83. The Morgan fingerprint density at radius 2 is 2.10 bits per heavy atom. The number of hydrogen-bond donors (Lipinski definition) is 1. The van der Waals surface area contributed by atoms with Gasteiger partial charge >= 0.3 is 0 Å². The molecule has 0 bridgehead atoms. The van der Waals surface area contributed by atoms with Crippen molar-refractivity contribution in [2.75, 3.05) is 23.8 Å². The minimum Gasteiger partial charge on any atom is -0.384 e. The van der Waals surface area contributed by atoms with E-state index in [4.69, 9.17) is 0 Å². The summed E-state index contributed by atoms with van der Waals surface area (Å²) in [6.45, 7) is 2.80. The van der Waals surface area contributed by atoms with Crippen molar-refractivity contribution < 1.29 is 9.18 Å². The van der Waals surface area contributed by atoms with Gasteiger partial charge in [0.15, 0.2) is 0 Å². The van der Waals surface area contributed by atoms with Gasteiger partial charge in [-0.25, -0.2) is 4.39 Å². The number of nitrogens with zero attached hydrogens (tertiary/aromatic N) is 2. The van der Waals surface area contributed by atoms with Gasteiger partial charge in [-0.1, -0.05) is 19.1 Å². The van der Waals surface area contributed by atoms with E-state index in [1.54, 1.807) is 37.5 Å². The highest BCUT2D eigenvalue weighted by atomic mass is 19.1. The van der Waals surface area contributed by atoms with Crippen molar-refractivity contribution in [3.8, 4) is 0 Å². The predicted molar refractivity (Wildman–Crippen MR) is 82.2 cm³/mol. The maximum Gasteiger partial charge on any atom is 0.261 e. The fraction of sp³-hybridized carbons (Fsp3) is 0.250. The second-order valence-corrected chi connectivity index (χ2v) is 4.66. The van der Waals surface area contributed by atoms with Crippen LogP contribution in [0.1, 0.15) is 23.7 Å². The van der Waals surface area contributed by atoms with E-state index in [9.17, 15) is 9.18 Å². The van der Waals surface area contributed by atoms with Gasteiger partial charge in [0.25, 0.3) is 5.91 Å². The highest BCUT2D eigenvalue weighted by Gasteiger charge is 2.19. The van der Waals surface area contributed by atoms with Crippen molar-refractivity contribution in [3.63, 3.8) is 0 Å². The van der Waals surface area contributed by atoms with Gasteiger partial charge < -0.3 is 10.2 Å². The molecule has 0 aliphatic carbocycles. The molecule has 0 saturated heterocycles. The number of pyridine rings is 1. The van der Waals surface area contributed by atoms with E-state index in [-0.39, 0.29) is 11.6 Å². The fourth-order valence-electron chi connectivity index (χ4n) is 1.99. The summed E-state index contributed by atoms with van der Waals surface area (Å²) in [7, 11) is 1.55. The van der Waals surface area contributed by atoms with Crippen molar-refractivity contribution in [2.24, 2.45) is 0 Å². The number of anilines is 2. The van der Waals surface area contributed by atoms with Crippen LogP contribution in [0.15, 0.2) is 42.7 Å². The quantitative estimate of drug-likeness (QED) is 0.917. The summed E-state index contributed by atoms with van der Waals surface area (Å²) < 4.78 is 13.8. The third-order valence-corrected chi connectivity index (χ3v) is 3.14. The summed E-state index contributed by atoms with van der Waals surface area (Å²) in [5.74, 6) is -0.730. The number of hydrogen-bond acceptors (Lipinski definition) is 3. The summed E-state index contributed by atoms with van der Waals surface area (Å²) in [5, 5.41) is 3.18. The monoisotopic (exact) mass is 287 g/mol. The van der Waals surface area contributed by atoms with Crippen LogP contribution in [0.5, 0.6) is 0 Å². The number of carbonyl (C=O) groups is 1. The summed E-state index contributed by atoms with van der Waals surface area (Å²) in [4.78, 5) is 17.8. The van der Waals surface area contributed by atoms with E-state index in [1.165, 1.54) is 17.2 Å². The van der Waals surface area contributed by atoms with Crippen molar-refractivity contribution in [3.05, 3.63) is 54.1 Å². The lowest BCUT2D eigenvalue weighted by molar-refractivity contribution is 0.0992. The summed E-state index contributed by atoms with van der Waals surface area (Å²) >= 11 is 0. The molecule has 1 aromatic carbocycles. The third kappa shape index (κ3) is 3.37. The molecular weight excluding hydrogens is 269 g/mol. The molecule has 0 fully saturated rings. The molecule has 0 radical (unpaired) electrons. The average molecular weight is 287 g/mol.